The number of piperidine rings is 1. The number of non-ortho nitro benzene ring substituents is 1. The van der Waals surface area contributed by atoms with Gasteiger partial charge in [-0.3, -0.25) is 15.1 Å². The highest BCUT2D eigenvalue weighted by molar-refractivity contribution is 5.78. The number of benzene rings is 1. The van der Waals surface area contributed by atoms with Crippen LogP contribution in [0.3, 0.4) is 0 Å². The molecule has 104 valence electrons. The van der Waals surface area contributed by atoms with Crippen molar-refractivity contribution < 1.29 is 4.92 Å². The van der Waals surface area contributed by atoms with Crippen molar-refractivity contribution in [2.24, 2.45) is 5.73 Å². The first-order chi connectivity index (χ1) is 9.63. The third-order valence-corrected chi connectivity index (χ3v) is 3.51. The molecule has 7 heteroatoms. The second-order valence-corrected chi connectivity index (χ2v) is 5.01. The first-order valence-corrected chi connectivity index (χ1v) is 6.55. The number of aromatic nitrogens is 2. The van der Waals surface area contributed by atoms with Crippen LogP contribution < -0.4 is 10.6 Å². The van der Waals surface area contributed by atoms with Gasteiger partial charge in [0, 0.05) is 31.3 Å². The van der Waals surface area contributed by atoms with Gasteiger partial charge in [-0.05, 0) is 18.9 Å². The molecule has 1 atom stereocenters. The van der Waals surface area contributed by atoms with E-state index in [1.807, 2.05) is 0 Å². The normalized spacial score (nSPS) is 19.2. The zero-order valence-corrected chi connectivity index (χ0v) is 10.9. The second kappa shape index (κ2) is 5.01. The summed E-state index contributed by atoms with van der Waals surface area (Å²) in [7, 11) is 0. The van der Waals surface area contributed by atoms with Crippen LogP contribution in [0.15, 0.2) is 24.4 Å². The zero-order valence-electron chi connectivity index (χ0n) is 10.9. The predicted molar refractivity (Wildman–Crippen MR) is 75.6 cm³/mol. The smallest absolute Gasteiger partial charge is 0.271 e. The Labute approximate surface area is 115 Å². The van der Waals surface area contributed by atoms with Crippen LogP contribution in [0.4, 0.5) is 11.5 Å². The fourth-order valence-corrected chi connectivity index (χ4v) is 2.47. The number of nitro groups is 1. The molecule has 3 rings (SSSR count). The fraction of sp³-hybridized carbons (Fsp3) is 0.385. The number of fused-ring (bicyclic) bond motifs is 1. The van der Waals surface area contributed by atoms with Crippen molar-refractivity contribution in [2.45, 2.75) is 18.9 Å². The fourth-order valence-electron chi connectivity index (χ4n) is 2.47. The van der Waals surface area contributed by atoms with Crippen LogP contribution in [0.1, 0.15) is 12.8 Å². The van der Waals surface area contributed by atoms with E-state index in [0.717, 1.165) is 31.7 Å². The summed E-state index contributed by atoms with van der Waals surface area (Å²) < 4.78 is 0. The molecule has 1 aliphatic heterocycles. The lowest BCUT2D eigenvalue weighted by molar-refractivity contribution is -0.384. The summed E-state index contributed by atoms with van der Waals surface area (Å²) >= 11 is 0. The summed E-state index contributed by atoms with van der Waals surface area (Å²) in [6.07, 6.45) is 3.73. The Hall–Kier alpha value is -2.28. The number of rotatable bonds is 2. The quantitative estimate of drug-likeness (QED) is 0.657. The molecule has 1 aliphatic rings. The van der Waals surface area contributed by atoms with Gasteiger partial charge in [0.2, 0.25) is 0 Å². The molecule has 1 aromatic carbocycles. The van der Waals surface area contributed by atoms with E-state index in [4.69, 9.17) is 5.73 Å². The lowest BCUT2D eigenvalue weighted by Gasteiger charge is -2.31. The average Bonchev–Trinajstić information content (AvgIpc) is 2.46. The van der Waals surface area contributed by atoms with Gasteiger partial charge in [0.05, 0.1) is 22.2 Å². The van der Waals surface area contributed by atoms with E-state index in [2.05, 4.69) is 14.9 Å². The highest BCUT2D eigenvalue weighted by Gasteiger charge is 2.18. The Bertz CT molecular complexity index is 660. The van der Waals surface area contributed by atoms with Gasteiger partial charge in [0.15, 0.2) is 0 Å². The van der Waals surface area contributed by atoms with Crippen molar-refractivity contribution in [1.29, 1.82) is 0 Å². The van der Waals surface area contributed by atoms with E-state index >= 15 is 0 Å². The van der Waals surface area contributed by atoms with Gasteiger partial charge in [0.1, 0.15) is 5.82 Å². The van der Waals surface area contributed by atoms with Crippen molar-refractivity contribution in [2.75, 3.05) is 18.0 Å². The molecule has 2 N–H and O–H groups in total. The third-order valence-electron chi connectivity index (χ3n) is 3.51. The number of anilines is 1. The van der Waals surface area contributed by atoms with Crippen LogP contribution in [-0.4, -0.2) is 34.0 Å². The van der Waals surface area contributed by atoms with Gasteiger partial charge in [-0.15, -0.1) is 0 Å². The molecule has 0 amide bonds. The summed E-state index contributed by atoms with van der Waals surface area (Å²) in [6, 6.07) is 4.68. The SMILES string of the molecule is NC1CCCN(c2cnc3cc([N+](=O)[O-])ccc3n2)C1. The number of nitrogens with zero attached hydrogens (tertiary/aromatic N) is 4. The maximum absolute atomic E-state index is 10.7. The van der Waals surface area contributed by atoms with Gasteiger partial charge in [-0.25, -0.2) is 4.98 Å². The summed E-state index contributed by atoms with van der Waals surface area (Å²) in [5.74, 6) is 0.779. The minimum atomic E-state index is -0.432. The minimum absolute atomic E-state index is 0.0274. The number of nitro benzene ring substituents is 1. The van der Waals surface area contributed by atoms with Gasteiger partial charge in [-0.1, -0.05) is 0 Å². The van der Waals surface area contributed by atoms with E-state index < -0.39 is 4.92 Å². The molecule has 2 heterocycles. The van der Waals surface area contributed by atoms with Crippen molar-refractivity contribution in [1.82, 2.24) is 9.97 Å². The second-order valence-electron chi connectivity index (χ2n) is 5.01. The van der Waals surface area contributed by atoms with Crippen LogP contribution in [0.2, 0.25) is 0 Å². The topological polar surface area (TPSA) is 98.2 Å². The van der Waals surface area contributed by atoms with Crippen molar-refractivity contribution in [3.05, 3.63) is 34.5 Å². The Morgan fingerprint density at radius 1 is 1.40 bits per heavy atom. The summed E-state index contributed by atoms with van der Waals surface area (Å²) in [4.78, 5) is 21.2. The van der Waals surface area contributed by atoms with Crippen LogP contribution >= 0.6 is 0 Å². The summed E-state index contributed by atoms with van der Waals surface area (Å²) in [5, 5.41) is 10.7. The molecule has 0 spiro atoms. The Kier molecular flexibility index (Phi) is 3.19. The molecular formula is C13H15N5O2. The lowest BCUT2D eigenvalue weighted by Crippen LogP contribution is -2.43. The van der Waals surface area contributed by atoms with Crippen molar-refractivity contribution >= 4 is 22.5 Å². The van der Waals surface area contributed by atoms with E-state index in [1.165, 1.54) is 12.1 Å². The maximum atomic E-state index is 10.7. The molecule has 7 nitrogen and oxygen atoms in total. The summed E-state index contributed by atoms with van der Waals surface area (Å²) in [6.45, 7) is 1.69. The van der Waals surface area contributed by atoms with Gasteiger partial charge in [0.25, 0.3) is 5.69 Å². The van der Waals surface area contributed by atoms with Crippen LogP contribution in [0.5, 0.6) is 0 Å². The largest absolute Gasteiger partial charge is 0.354 e. The summed E-state index contributed by atoms with van der Waals surface area (Å²) in [5.41, 5.74) is 7.18. The minimum Gasteiger partial charge on any atom is -0.354 e. The highest BCUT2D eigenvalue weighted by atomic mass is 16.6. The van der Waals surface area contributed by atoms with Crippen LogP contribution in [0, 0.1) is 10.1 Å². The van der Waals surface area contributed by atoms with E-state index in [-0.39, 0.29) is 11.7 Å². The van der Waals surface area contributed by atoms with Crippen molar-refractivity contribution in [3.63, 3.8) is 0 Å². The average molecular weight is 273 g/mol. The molecule has 0 aliphatic carbocycles. The molecule has 20 heavy (non-hydrogen) atoms. The Morgan fingerprint density at radius 2 is 2.25 bits per heavy atom. The van der Waals surface area contributed by atoms with Crippen LogP contribution in [0.25, 0.3) is 11.0 Å². The molecular weight excluding hydrogens is 258 g/mol. The third kappa shape index (κ3) is 2.39. The van der Waals surface area contributed by atoms with E-state index in [1.54, 1.807) is 12.3 Å². The van der Waals surface area contributed by atoms with Gasteiger partial charge in [-0.2, -0.15) is 0 Å². The standard InChI is InChI=1S/C13H15N5O2/c14-9-2-1-5-17(8-9)13-7-15-12-6-10(18(19)20)3-4-11(12)16-13/h3-4,6-7,9H,1-2,5,8,14H2. The number of nitrogens with two attached hydrogens (primary N) is 1. The number of hydrogen-bond acceptors (Lipinski definition) is 6. The maximum Gasteiger partial charge on any atom is 0.271 e. The van der Waals surface area contributed by atoms with E-state index in [0.29, 0.717) is 11.0 Å². The molecule has 1 saturated heterocycles. The van der Waals surface area contributed by atoms with Gasteiger partial charge < -0.3 is 10.6 Å². The molecule has 0 bridgehead atoms. The first kappa shape index (κ1) is 12.7. The highest BCUT2D eigenvalue weighted by Crippen LogP contribution is 2.22. The monoisotopic (exact) mass is 273 g/mol. The molecule has 0 saturated carbocycles. The van der Waals surface area contributed by atoms with E-state index in [9.17, 15) is 10.1 Å². The first-order valence-electron chi connectivity index (χ1n) is 6.55. The molecule has 1 aromatic heterocycles. The van der Waals surface area contributed by atoms with Gasteiger partial charge >= 0.3 is 0 Å². The molecule has 1 fully saturated rings. The molecule has 1 unspecified atom stereocenters. The Balaban J connectivity index is 1.94. The molecule has 2 aromatic rings. The van der Waals surface area contributed by atoms with Crippen LogP contribution in [-0.2, 0) is 0 Å². The van der Waals surface area contributed by atoms with Crippen molar-refractivity contribution in [3.8, 4) is 0 Å². The Morgan fingerprint density at radius 3 is 3.00 bits per heavy atom. The zero-order chi connectivity index (χ0) is 14.1. The molecule has 0 radical (unpaired) electrons. The number of hydrogen-bond donors (Lipinski definition) is 1. The lowest BCUT2D eigenvalue weighted by atomic mass is 10.1. The predicted octanol–water partition coefficient (Wildman–Crippen LogP) is 1.47.